The molecule has 2 aliphatic rings. The Kier molecular flexibility index (Phi) is 6.13. The lowest BCUT2D eigenvalue weighted by Gasteiger charge is -2.48. The molecule has 0 aromatic heterocycles. The van der Waals surface area contributed by atoms with E-state index in [1.165, 1.54) is 0 Å². The summed E-state index contributed by atoms with van der Waals surface area (Å²) in [5, 5.41) is 0. The van der Waals surface area contributed by atoms with Crippen LogP contribution < -0.4 is 0 Å². The Morgan fingerprint density at radius 1 is 1.12 bits per heavy atom. The molecule has 8 heteroatoms. The summed E-state index contributed by atoms with van der Waals surface area (Å²) in [5.41, 5.74) is -0.591. The minimum atomic E-state index is -0.754. The number of hydrogen-bond donors (Lipinski definition) is 0. The first kappa shape index (κ1) is 19.7. The highest BCUT2D eigenvalue weighted by atomic mass is 28.3. The van der Waals surface area contributed by atoms with Gasteiger partial charge in [-0.3, -0.25) is 9.69 Å². The van der Waals surface area contributed by atoms with Crippen molar-refractivity contribution in [2.45, 2.75) is 70.4 Å². The van der Waals surface area contributed by atoms with Gasteiger partial charge in [-0.15, -0.1) is 0 Å². The summed E-state index contributed by atoms with van der Waals surface area (Å²) in [6, 6.07) is 0.290. The number of amides is 2. The monoisotopic (exact) mass is 370 g/mol. The molecule has 2 saturated heterocycles. The molecule has 2 atom stereocenters. The van der Waals surface area contributed by atoms with E-state index in [1.807, 2.05) is 20.8 Å². The Bertz CT molecular complexity index is 514. The van der Waals surface area contributed by atoms with Gasteiger partial charge in [0.05, 0.1) is 18.7 Å². The molecule has 2 bridgehead atoms. The summed E-state index contributed by atoms with van der Waals surface area (Å²) in [5.74, 6) is 0.133. The van der Waals surface area contributed by atoms with Crippen molar-refractivity contribution in [3.63, 3.8) is 0 Å². The lowest BCUT2D eigenvalue weighted by atomic mass is 9.91. The first-order valence-electron chi connectivity index (χ1n) is 9.01. The number of piperidine rings is 1. The molecule has 2 aliphatic heterocycles. The van der Waals surface area contributed by atoms with Crippen LogP contribution in [0.3, 0.4) is 0 Å². The van der Waals surface area contributed by atoms with Crippen LogP contribution in [0.25, 0.3) is 0 Å². The molecule has 2 fully saturated rings. The second-order valence-corrected chi connectivity index (χ2v) is 11.7. The van der Waals surface area contributed by atoms with Gasteiger partial charge in [0.1, 0.15) is 11.4 Å². The van der Waals surface area contributed by atoms with Crippen molar-refractivity contribution >= 4 is 26.8 Å². The normalized spacial score (nSPS) is 23.7. The molecule has 0 aromatic rings. The highest BCUT2D eigenvalue weighted by Crippen LogP contribution is 2.29. The summed E-state index contributed by atoms with van der Waals surface area (Å²) < 4.78 is 10.8. The number of likely N-dealkylation sites (tertiary alicyclic amines) is 1. The molecule has 0 aliphatic carbocycles. The van der Waals surface area contributed by atoms with Gasteiger partial charge in [-0.2, -0.15) is 0 Å². The smallest absolute Gasteiger partial charge is 0.410 e. The zero-order valence-corrected chi connectivity index (χ0v) is 17.1. The maximum absolute atomic E-state index is 12.5. The number of carbonyl (C=O) groups is 3. The van der Waals surface area contributed by atoms with Gasteiger partial charge >= 0.3 is 12.2 Å². The summed E-state index contributed by atoms with van der Waals surface area (Å²) in [4.78, 5) is 40.0. The average Bonchev–Trinajstić information content (AvgIpc) is 2.42. The first-order valence-corrected chi connectivity index (χ1v) is 12.1. The third-order valence-electron chi connectivity index (χ3n) is 4.36. The van der Waals surface area contributed by atoms with Crippen LogP contribution in [0.1, 0.15) is 33.6 Å². The molecule has 142 valence electrons. The highest BCUT2D eigenvalue weighted by Gasteiger charge is 2.46. The number of Topliss-reactive ketones (excluding diaryl/α,β-unsaturated/α-hetero) is 1. The fraction of sp³-hybridized carbons (Fsp3) is 0.824. The molecule has 2 heterocycles. The topological polar surface area (TPSA) is 76.2 Å². The Balaban J connectivity index is 2.01. The highest BCUT2D eigenvalue weighted by molar-refractivity contribution is 6.55. The van der Waals surface area contributed by atoms with Crippen LogP contribution in [0.15, 0.2) is 0 Å². The van der Waals surface area contributed by atoms with Gasteiger partial charge in [-0.05, 0) is 26.8 Å². The third-order valence-corrected chi connectivity index (χ3v) is 5.75. The van der Waals surface area contributed by atoms with Crippen LogP contribution in [-0.2, 0) is 14.3 Å². The van der Waals surface area contributed by atoms with Crippen molar-refractivity contribution in [1.82, 2.24) is 9.80 Å². The zero-order valence-electron chi connectivity index (χ0n) is 15.9. The predicted molar refractivity (Wildman–Crippen MR) is 96.5 cm³/mol. The van der Waals surface area contributed by atoms with Crippen LogP contribution in [-0.4, -0.2) is 73.9 Å². The Morgan fingerprint density at radius 3 is 2.16 bits per heavy atom. The van der Waals surface area contributed by atoms with E-state index in [0.29, 0.717) is 19.7 Å². The van der Waals surface area contributed by atoms with E-state index in [4.69, 9.17) is 9.47 Å². The van der Waals surface area contributed by atoms with Crippen LogP contribution in [0.2, 0.25) is 19.1 Å². The molecule has 0 saturated carbocycles. The molecule has 2 rings (SSSR count). The van der Waals surface area contributed by atoms with Gasteiger partial charge in [0.15, 0.2) is 0 Å². The maximum Gasteiger partial charge on any atom is 0.410 e. The number of piperazine rings is 1. The lowest BCUT2D eigenvalue weighted by molar-refractivity contribution is -0.128. The quantitative estimate of drug-likeness (QED) is 0.712. The SMILES string of the molecule is C[SiH](C)CCOC(=O)N1CC2CC(=O)CC(C1)N2C(=O)OC(C)(C)C. The van der Waals surface area contributed by atoms with E-state index in [-0.39, 0.29) is 36.8 Å². The fourth-order valence-electron chi connectivity index (χ4n) is 3.23. The Hall–Kier alpha value is -1.57. The number of carbonyl (C=O) groups excluding carboxylic acids is 3. The van der Waals surface area contributed by atoms with Crippen LogP contribution in [0.4, 0.5) is 9.59 Å². The van der Waals surface area contributed by atoms with E-state index in [0.717, 1.165) is 6.04 Å². The number of ketones is 1. The van der Waals surface area contributed by atoms with E-state index >= 15 is 0 Å². The van der Waals surface area contributed by atoms with Gasteiger partial charge in [-0.25, -0.2) is 9.59 Å². The van der Waals surface area contributed by atoms with E-state index in [9.17, 15) is 14.4 Å². The summed E-state index contributed by atoms with van der Waals surface area (Å²) in [6.45, 7) is 11.0. The van der Waals surface area contributed by atoms with E-state index < -0.39 is 20.5 Å². The number of ether oxygens (including phenoxy) is 2. The standard InChI is InChI=1S/C17H30N2O5Si/c1-17(2,3)24-16(22)19-12-8-14(20)9-13(19)11-18(10-12)15(21)23-6-7-25(4)5/h12-13,25H,6-11H2,1-5H3. The van der Waals surface area contributed by atoms with Crippen molar-refractivity contribution < 1.29 is 23.9 Å². The van der Waals surface area contributed by atoms with Gasteiger partial charge in [0, 0.05) is 34.7 Å². The molecule has 25 heavy (non-hydrogen) atoms. The summed E-state index contributed by atoms with van der Waals surface area (Å²) in [6.07, 6.45) is -0.228. The van der Waals surface area contributed by atoms with Crippen molar-refractivity contribution in [2.75, 3.05) is 19.7 Å². The average molecular weight is 371 g/mol. The molecule has 0 N–H and O–H groups in total. The minimum absolute atomic E-state index is 0.133. The number of fused-ring (bicyclic) bond motifs is 2. The molecule has 0 aromatic carbocycles. The number of hydrogen-bond acceptors (Lipinski definition) is 5. The molecule has 2 amide bonds. The zero-order chi connectivity index (χ0) is 18.8. The largest absolute Gasteiger partial charge is 0.450 e. The Morgan fingerprint density at radius 2 is 1.68 bits per heavy atom. The number of rotatable bonds is 3. The van der Waals surface area contributed by atoms with Crippen LogP contribution in [0.5, 0.6) is 0 Å². The van der Waals surface area contributed by atoms with Crippen molar-refractivity contribution in [3.8, 4) is 0 Å². The van der Waals surface area contributed by atoms with Gasteiger partial charge < -0.3 is 14.4 Å². The lowest BCUT2D eigenvalue weighted by Crippen LogP contribution is -2.65. The molecular formula is C17H30N2O5Si. The molecule has 2 unspecified atom stereocenters. The van der Waals surface area contributed by atoms with Gasteiger partial charge in [0.2, 0.25) is 0 Å². The second kappa shape index (κ2) is 7.76. The summed E-state index contributed by atoms with van der Waals surface area (Å²) in [7, 11) is -0.754. The van der Waals surface area contributed by atoms with E-state index in [1.54, 1.807) is 9.80 Å². The van der Waals surface area contributed by atoms with Crippen LogP contribution in [0, 0.1) is 0 Å². The first-order chi connectivity index (χ1) is 11.6. The van der Waals surface area contributed by atoms with Gasteiger partial charge in [0.25, 0.3) is 0 Å². The molecule has 7 nitrogen and oxygen atoms in total. The molecule has 0 spiro atoms. The van der Waals surface area contributed by atoms with Crippen LogP contribution >= 0.6 is 0 Å². The molecule has 0 radical (unpaired) electrons. The minimum Gasteiger partial charge on any atom is -0.450 e. The van der Waals surface area contributed by atoms with Crippen molar-refractivity contribution in [1.29, 1.82) is 0 Å². The van der Waals surface area contributed by atoms with Crippen molar-refractivity contribution in [3.05, 3.63) is 0 Å². The maximum atomic E-state index is 12.5. The second-order valence-electron chi connectivity index (χ2n) is 8.34. The van der Waals surface area contributed by atoms with Gasteiger partial charge in [-0.1, -0.05) is 13.1 Å². The Labute approximate surface area is 151 Å². The summed E-state index contributed by atoms with van der Waals surface area (Å²) >= 11 is 0. The predicted octanol–water partition coefficient (Wildman–Crippen LogP) is 2.26. The fourth-order valence-corrected chi connectivity index (χ4v) is 3.82. The third kappa shape index (κ3) is 5.45. The van der Waals surface area contributed by atoms with Crippen molar-refractivity contribution in [2.24, 2.45) is 0 Å². The number of nitrogens with zero attached hydrogens (tertiary/aromatic N) is 2. The molecular weight excluding hydrogens is 340 g/mol. The van der Waals surface area contributed by atoms with E-state index in [2.05, 4.69) is 13.1 Å².